The van der Waals surface area contributed by atoms with E-state index in [4.69, 9.17) is 0 Å². The molecule has 152 valence electrons. The summed E-state index contributed by atoms with van der Waals surface area (Å²) < 4.78 is 23.6. The molecule has 9 heteroatoms. The van der Waals surface area contributed by atoms with Gasteiger partial charge < -0.3 is 4.90 Å². The van der Waals surface area contributed by atoms with Gasteiger partial charge in [0.2, 0.25) is 5.91 Å². The summed E-state index contributed by atoms with van der Waals surface area (Å²) in [7, 11) is -3.07. The number of amidine groups is 1. The van der Waals surface area contributed by atoms with Crippen molar-refractivity contribution in [2.45, 2.75) is 38.5 Å². The number of thioether (sulfide) groups is 1. The molecular weight excluding hydrogens is 398 g/mol. The molecule has 28 heavy (non-hydrogen) atoms. The Balaban J connectivity index is 1.71. The maximum atomic E-state index is 13.0. The summed E-state index contributed by atoms with van der Waals surface area (Å²) in [6.07, 6.45) is 0.480. The number of sulfone groups is 1. The predicted octanol–water partition coefficient (Wildman–Crippen LogP) is 1.85. The highest BCUT2D eigenvalue weighted by Gasteiger charge is 2.37. The third-order valence-corrected chi connectivity index (χ3v) is 7.81. The predicted molar refractivity (Wildman–Crippen MR) is 112 cm³/mol. The Morgan fingerprint density at radius 1 is 1.36 bits per heavy atom. The lowest BCUT2D eigenvalue weighted by molar-refractivity contribution is -0.131. The lowest BCUT2D eigenvalue weighted by Gasteiger charge is -2.30. The van der Waals surface area contributed by atoms with Crippen LogP contribution >= 0.6 is 11.8 Å². The highest BCUT2D eigenvalue weighted by Crippen LogP contribution is 2.28. The molecule has 0 saturated carbocycles. The Morgan fingerprint density at radius 3 is 2.61 bits per heavy atom. The first-order valence-electron chi connectivity index (χ1n) is 9.33. The minimum absolute atomic E-state index is 0.0267. The van der Waals surface area contributed by atoms with E-state index in [1.807, 2.05) is 38.1 Å². The molecule has 2 heterocycles. The zero-order valence-corrected chi connectivity index (χ0v) is 17.9. The van der Waals surface area contributed by atoms with E-state index in [0.29, 0.717) is 18.1 Å². The van der Waals surface area contributed by atoms with Crippen LogP contribution in [0.4, 0.5) is 5.69 Å². The van der Waals surface area contributed by atoms with E-state index in [1.165, 1.54) is 11.8 Å². The highest BCUT2D eigenvalue weighted by atomic mass is 32.2. The van der Waals surface area contributed by atoms with Crippen molar-refractivity contribution in [2.24, 2.45) is 4.99 Å². The molecule has 0 radical (unpaired) electrons. The van der Waals surface area contributed by atoms with Crippen LogP contribution < -0.4 is 4.90 Å². The summed E-state index contributed by atoms with van der Waals surface area (Å²) in [6, 6.07) is 7.31. The molecule has 0 N–H and O–H groups in total. The second-order valence-electron chi connectivity index (χ2n) is 7.10. The number of benzene rings is 1. The minimum Gasteiger partial charge on any atom is -0.338 e. The molecule has 2 amide bonds. The monoisotopic (exact) mass is 423 g/mol. The van der Waals surface area contributed by atoms with E-state index < -0.39 is 15.1 Å². The summed E-state index contributed by atoms with van der Waals surface area (Å²) in [5.74, 6) is -0.0923. The zero-order valence-electron chi connectivity index (χ0n) is 16.3. The standard InChI is InChI=1S/C19H25N3O4S2/c1-4-21(16-9-10-28(25,26)12-16)18(24)14(3)27-19-20-11-17(23)22(19)15-7-5-13(2)6-8-15/h5-8,14,16H,4,9-12H2,1-3H3/t14-,16+/m1/s1. The number of amides is 2. The summed E-state index contributed by atoms with van der Waals surface area (Å²) in [4.78, 5) is 32.8. The summed E-state index contributed by atoms with van der Waals surface area (Å²) >= 11 is 1.24. The van der Waals surface area contributed by atoms with Gasteiger partial charge in [-0.05, 0) is 39.3 Å². The van der Waals surface area contributed by atoms with E-state index in [9.17, 15) is 18.0 Å². The third-order valence-electron chi connectivity index (χ3n) is 4.99. The van der Waals surface area contributed by atoms with Crippen LogP contribution in [0.5, 0.6) is 0 Å². The molecule has 2 atom stereocenters. The van der Waals surface area contributed by atoms with Crippen LogP contribution in [0.15, 0.2) is 29.3 Å². The highest BCUT2D eigenvalue weighted by molar-refractivity contribution is 8.15. The van der Waals surface area contributed by atoms with Crippen LogP contribution in [0.25, 0.3) is 0 Å². The van der Waals surface area contributed by atoms with E-state index in [1.54, 1.807) is 16.7 Å². The topological polar surface area (TPSA) is 87.1 Å². The largest absolute Gasteiger partial charge is 0.338 e. The molecule has 0 spiro atoms. The molecule has 2 aliphatic heterocycles. The molecule has 1 aromatic carbocycles. The molecule has 0 unspecified atom stereocenters. The number of rotatable bonds is 5. The van der Waals surface area contributed by atoms with Crippen LogP contribution in [0.3, 0.4) is 0 Å². The fourth-order valence-corrected chi connectivity index (χ4v) is 6.21. The average Bonchev–Trinajstić information content (AvgIpc) is 3.18. The van der Waals surface area contributed by atoms with Gasteiger partial charge in [0.1, 0.15) is 6.54 Å². The van der Waals surface area contributed by atoms with Crippen molar-refractivity contribution < 1.29 is 18.0 Å². The van der Waals surface area contributed by atoms with Crippen molar-refractivity contribution in [3.63, 3.8) is 0 Å². The molecular formula is C19H25N3O4S2. The van der Waals surface area contributed by atoms with E-state index in [2.05, 4.69) is 4.99 Å². The van der Waals surface area contributed by atoms with Crippen molar-refractivity contribution in [1.82, 2.24) is 4.90 Å². The second-order valence-corrected chi connectivity index (χ2v) is 10.6. The fraction of sp³-hybridized carbons (Fsp3) is 0.526. The number of carbonyl (C=O) groups is 2. The van der Waals surface area contributed by atoms with Crippen molar-refractivity contribution in [1.29, 1.82) is 0 Å². The number of aryl methyl sites for hydroxylation is 1. The number of nitrogens with zero attached hydrogens (tertiary/aromatic N) is 3. The Kier molecular flexibility index (Phi) is 6.14. The first-order chi connectivity index (χ1) is 13.2. The summed E-state index contributed by atoms with van der Waals surface area (Å²) in [6.45, 7) is 6.13. The number of carbonyl (C=O) groups excluding carboxylic acids is 2. The van der Waals surface area contributed by atoms with Gasteiger partial charge in [-0.15, -0.1) is 0 Å². The van der Waals surface area contributed by atoms with Crippen molar-refractivity contribution in [3.05, 3.63) is 29.8 Å². The van der Waals surface area contributed by atoms with Gasteiger partial charge in [-0.2, -0.15) is 0 Å². The molecule has 7 nitrogen and oxygen atoms in total. The fourth-order valence-electron chi connectivity index (χ4n) is 3.48. The van der Waals surface area contributed by atoms with E-state index in [-0.39, 0.29) is 35.9 Å². The van der Waals surface area contributed by atoms with Gasteiger partial charge in [-0.1, -0.05) is 29.5 Å². The molecule has 1 fully saturated rings. The first kappa shape index (κ1) is 20.9. The number of hydrogen-bond donors (Lipinski definition) is 0. The Labute approximate surface area is 170 Å². The van der Waals surface area contributed by atoms with Gasteiger partial charge in [0, 0.05) is 12.6 Å². The first-order valence-corrected chi connectivity index (χ1v) is 12.0. The van der Waals surface area contributed by atoms with E-state index in [0.717, 1.165) is 11.3 Å². The van der Waals surface area contributed by atoms with Crippen LogP contribution in [0.1, 0.15) is 25.8 Å². The van der Waals surface area contributed by atoms with Crippen molar-refractivity contribution in [3.8, 4) is 0 Å². The van der Waals surface area contributed by atoms with Crippen LogP contribution in [-0.2, 0) is 19.4 Å². The van der Waals surface area contributed by atoms with Gasteiger partial charge in [0.05, 0.1) is 22.4 Å². The van der Waals surface area contributed by atoms with E-state index >= 15 is 0 Å². The Hall–Kier alpha value is -1.87. The molecule has 0 aromatic heterocycles. The maximum absolute atomic E-state index is 13.0. The van der Waals surface area contributed by atoms with Crippen LogP contribution in [0, 0.1) is 6.92 Å². The van der Waals surface area contributed by atoms with Gasteiger partial charge in [0.15, 0.2) is 15.0 Å². The lowest BCUT2D eigenvalue weighted by Crippen LogP contribution is -2.45. The maximum Gasteiger partial charge on any atom is 0.254 e. The normalized spacial score (nSPS) is 22.2. The van der Waals surface area contributed by atoms with Crippen molar-refractivity contribution in [2.75, 3.05) is 29.5 Å². The number of anilines is 1. The SMILES string of the molecule is CCN(C(=O)[C@@H](C)SC1=NCC(=O)N1c1ccc(C)cc1)[C@H]1CCS(=O)(=O)C1. The summed E-state index contributed by atoms with van der Waals surface area (Å²) in [5.41, 5.74) is 1.82. The average molecular weight is 424 g/mol. The van der Waals surface area contributed by atoms with Gasteiger partial charge in [-0.25, -0.2) is 8.42 Å². The third kappa shape index (κ3) is 4.41. The smallest absolute Gasteiger partial charge is 0.254 e. The summed E-state index contributed by atoms with van der Waals surface area (Å²) in [5, 5.41) is 0.0330. The van der Waals surface area contributed by atoms with Crippen molar-refractivity contribution >= 4 is 44.3 Å². The minimum atomic E-state index is -3.07. The molecule has 0 bridgehead atoms. The number of hydrogen-bond acceptors (Lipinski definition) is 6. The molecule has 2 aliphatic rings. The number of aliphatic imine (C=N–C) groups is 1. The Bertz CT molecular complexity index is 896. The molecule has 1 aromatic rings. The zero-order chi connectivity index (χ0) is 20.5. The van der Waals surface area contributed by atoms with Crippen LogP contribution in [0.2, 0.25) is 0 Å². The lowest BCUT2D eigenvalue weighted by atomic mass is 10.2. The van der Waals surface area contributed by atoms with Gasteiger partial charge in [-0.3, -0.25) is 19.5 Å². The molecule has 1 saturated heterocycles. The van der Waals surface area contributed by atoms with Gasteiger partial charge >= 0.3 is 0 Å². The van der Waals surface area contributed by atoms with Gasteiger partial charge in [0.25, 0.3) is 5.91 Å². The molecule has 0 aliphatic carbocycles. The quantitative estimate of drug-likeness (QED) is 0.721. The molecule has 3 rings (SSSR count). The Morgan fingerprint density at radius 2 is 2.04 bits per heavy atom. The second kappa shape index (κ2) is 8.24. The van der Waals surface area contributed by atoms with Crippen LogP contribution in [-0.4, -0.2) is 66.2 Å².